The van der Waals surface area contributed by atoms with Crippen molar-refractivity contribution in [2.24, 2.45) is 0 Å². The number of rotatable bonds is 5. The Labute approximate surface area is 124 Å². The van der Waals surface area contributed by atoms with Crippen LogP contribution in [0.25, 0.3) is 0 Å². The van der Waals surface area contributed by atoms with Crippen LogP contribution in [0.5, 0.6) is 0 Å². The molecule has 1 rings (SSSR count). The second-order valence-electron chi connectivity index (χ2n) is 3.85. The van der Waals surface area contributed by atoms with E-state index in [0.29, 0.717) is 0 Å². The molecular weight excluding hydrogens is 363 g/mol. The van der Waals surface area contributed by atoms with Crippen LogP contribution in [0.4, 0.5) is 13.2 Å². The van der Waals surface area contributed by atoms with Gasteiger partial charge in [-0.15, -0.1) is 0 Å². The van der Waals surface area contributed by atoms with E-state index in [2.05, 4.69) is 21.2 Å². The summed E-state index contributed by atoms with van der Waals surface area (Å²) in [6.07, 6.45) is -4.74. The topological polar surface area (TPSA) is 66.4 Å². The Morgan fingerprint density at radius 1 is 1.40 bits per heavy atom. The SMILES string of the molecule is O=C(CCS(=O)O)NCc1ccc(Br)cc1C(F)(F)F. The molecule has 4 nitrogen and oxygen atoms in total. The zero-order valence-corrected chi connectivity index (χ0v) is 12.4. The molecule has 1 aromatic carbocycles. The molecule has 1 amide bonds. The number of alkyl halides is 3. The maximum absolute atomic E-state index is 12.8. The molecule has 0 radical (unpaired) electrons. The highest BCUT2D eigenvalue weighted by Crippen LogP contribution is 2.33. The normalized spacial score (nSPS) is 13.1. The van der Waals surface area contributed by atoms with Crippen molar-refractivity contribution in [2.45, 2.75) is 19.1 Å². The van der Waals surface area contributed by atoms with Gasteiger partial charge in [0, 0.05) is 17.4 Å². The third-order valence-corrected chi connectivity index (χ3v) is 3.40. The predicted octanol–water partition coefficient (Wildman–Crippen LogP) is 2.70. The zero-order valence-electron chi connectivity index (χ0n) is 10.0. The molecule has 0 saturated carbocycles. The van der Waals surface area contributed by atoms with Crippen LogP contribution in [-0.2, 0) is 28.6 Å². The number of carbonyl (C=O) groups excluding carboxylic acids is 1. The first kappa shape index (κ1) is 17.1. The van der Waals surface area contributed by atoms with E-state index in [4.69, 9.17) is 4.55 Å². The molecule has 1 atom stereocenters. The van der Waals surface area contributed by atoms with Crippen molar-refractivity contribution >= 4 is 32.9 Å². The second kappa shape index (κ2) is 7.19. The third-order valence-electron chi connectivity index (χ3n) is 2.36. The Bertz CT molecular complexity index is 522. The summed E-state index contributed by atoms with van der Waals surface area (Å²) in [6, 6.07) is 3.64. The Kier molecular flexibility index (Phi) is 6.15. The average molecular weight is 374 g/mol. The Balaban J connectivity index is 2.73. The number of hydrogen-bond donors (Lipinski definition) is 2. The molecule has 1 aromatic rings. The van der Waals surface area contributed by atoms with Crippen LogP contribution in [0.2, 0.25) is 0 Å². The summed E-state index contributed by atoms with van der Waals surface area (Å²) < 4.78 is 57.6. The first-order chi connectivity index (χ1) is 9.20. The molecule has 9 heteroatoms. The lowest BCUT2D eigenvalue weighted by Gasteiger charge is -2.14. The van der Waals surface area contributed by atoms with Gasteiger partial charge in [0.2, 0.25) is 5.91 Å². The summed E-state index contributed by atoms with van der Waals surface area (Å²) in [4.78, 5) is 11.3. The summed E-state index contributed by atoms with van der Waals surface area (Å²) in [5, 5.41) is 2.29. The van der Waals surface area contributed by atoms with Gasteiger partial charge in [0.05, 0.1) is 11.3 Å². The van der Waals surface area contributed by atoms with Gasteiger partial charge in [-0.3, -0.25) is 4.79 Å². The van der Waals surface area contributed by atoms with Crippen molar-refractivity contribution in [2.75, 3.05) is 5.75 Å². The molecule has 0 aromatic heterocycles. The first-order valence-electron chi connectivity index (χ1n) is 5.40. The molecule has 0 fully saturated rings. The molecule has 0 spiro atoms. The molecule has 112 valence electrons. The van der Waals surface area contributed by atoms with Crippen molar-refractivity contribution < 1.29 is 26.7 Å². The molecule has 0 aliphatic carbocycles. The molecule has 20 heavy (non-hydrogen) atoms. The van der Waals surface area contributed by atoms with E-state index in [-0.39, 0.29) is 28.8 Å². The fourth-order valence-corrected chi connectivity index (χ4v) is 2.15. The van der Waals surface area contributed by atoms with E-state index in [9.17, 15) is 22.2 Å². The molecule has 0 aliphatic heterocycles. The van der Waals surface area contributed by atoms with Gasteiger partial charge in [-0.2, -0.15) is 13.2 Å². The van der Waals surface area contributed by atoms with Crippen LogP contribution in [0, 0.1) is 0 Å². The molecule has 1 unspecified atom stereocenters. The van der Waals surface area contributed by atoms with E-state index in [1.165, 1.54) is 12.1 Å². The summed E-state index contributed by atoms with van der Waals surface area (Å²) in [6.45, 7) is -0.293. The van der Waals surface area contributed by atoms with Crippen molar-refractivity contribution in [1.29, 1.82) is 0 Å². The van der Waals surface area contributed by atoms with Crippen LogP contribution in [0.15, 0.2) is 22.7 Å². The summed E-state index contributed by atoms with van der Waals surface area (Å²) in [5.74, 6) is -0.832. The zero-order chi connectivity index (χ0) is 15.3. The van der Waals surface area contributed by atoms with Crippen LogP contribution in [-0.4, -0.2) is 20.4 Å². The Hall–Kier alpha value is -0.930. The van der Waals surface area contributed by atoms with Crippen LogP contribution < -0.4 is 5.32 Å². The Morgan fingerprint density at radius 3 is 2.60 bits per heavy atom. The lowest BCUT2D eigenvalue weighted by atomic mass is 10.1. The number of carbonyl (C=O) groups is 1. The first-order valence-corrected chi connectivity index (χ1v) is 7.47. The summed E-state index contributed by atoms with van der Waals surface area (Å²) >= 11 is 0.858. The number of benzene rings is 1. The van der Waals surface area contributed by atoms with E-state index >= 15 is 0 Å². The van der Waals surface area contributed by atoms with Gasteiger partial charge in [0.25, 0.3) is 0 Å². The van der Waals surface area contributed by atoms with E-state index in [1.54, 1.807) is 0 Å². The second-order valence-corrected chi connectivity index (χ2v) is 5.82. The van der Waals surface area contributed by atoms with Crippen molar-refractivity contribution in [3.63, 3.8) is 0 Å². The van der Waals surface area contributed by atoms with E-state index in [0.717, 1.165) is 6.07 Å². The fourth-order valence-electron chi connectivity index (χ4n) is 1.43. The molecule has 0 heterocycles. The van der Waals surface area contributed by atoms with Gasteiger partial charge in [-0.25, -0.2) is 4.21 Å². The predicted molar refractivity (Wildman–Crippen MR) is 71.2 cm³/mol. The summed E-state index contributed by atoms with van der Waals surface area (Å²) in [5.41, 5.74) is -0.905. The van der Waals surface area contributed by atoms with Gasteiger partial charge >= 0.3 is 6.18 Å². The molecular formula is C11H11BrF3NO3S. The maximum Gasteiger partial charge on any atom is 0.416 e. The molecule has 0 bridgehead atoms. The van der Waals surface area contributed by atoms with Gasteiger partial charge in [0.1, 0.15) is 0 Å². The monoisotopic (exact) mass is 373 g/mol. The highest BCUT2D eigenvalue weighted by atomic mass is 79.9. The largest absolute Gasteiger partial charge is 0.416 e. The minimum Gasteiger partial charge on any atom is -0.352 e. The van der Waals surface area contributed by atoms with Gasteiger partial charge in [-0.1, -0.05) is 22.0 Å². The van der Waals surface area contributed by atoms with Gasteiger partial charge in [-0.05, 0) is 17.7 Å². The van der Waals surface area contributed by atoms with Crippen molar-refractivity contribution in [1.82, 2.24) is 5.32 Å². The fraction of sp³-hybridized carbons (Fsp3) is 0.364. The summed E-state index contributed by atoms with van der Waals surface area (Å²) in [7, 11) is 0. The van der Waals surface area contributed by atoms with Gasteiger partial charge in [0.15, 0.2) is 11.1 Å². The highest BCUT2D eigenvalue weighted by Gasteiger charge is 2.33. The number of halogens is 4. The number of amides is 1. The van der Waals surface area contributed by atoms with E-state index < -0.39 is 28.7 Å². The van der Waals surface area contributed by atoms with Crippen LogP contribution >= 0.6 is 15.9 Å². The quantitative estimate of drug-likeness (QED) is 0.779. The van der Waals surface area contributed by atoms with Crippen molar-refractivity contribution in [3.05, 3.63) is 33.8 Å². The minimum atomic E-state index is -4.52. The minimum absolute atomic E-state index is 0.0702. The van der Waals surface area contributed by atoms with Gasteiger partial charge < -0.3 is 9.87 Å². The van der Waals surface area contributed by atoms with E-state index in [1.807, 2.05) is 0 Å². The number of nitrogens with one attached hydrogen (secondary N) is 1. The van der Waals surface area contributed by atoms with Crippen molar-refractivity contribution in [3.8, 4) is 0 Å². The standard InChI is InChI=1S/C11H11BrF3NO3S/c12-8-2-1-7(9(5-8)11(13,14)15)6-16-10(17)3-4-20(18)19/h1-2,5H,3-4,6H2,(H,16,17)(H,18,19). The highest BCUT2D eigenvalue weighted by molar-refractivity contribution is 9.10. The maximum atomic E-state index is 12.8. The molecule has 0 aliphatic rings. The van der Waals surface area contributed by atoms with Crippen LogP contribution in [0.1, 0.15) is 17.5 Å². The number of hydrogen-bond acceptors (Lipinski definition) is 2. The third kappa shape index (κ3) is 5.59. The van der Waals surface area contributed by atoms with Crippen LogP contribution in [0.3, 0.4) is 0 Å². The average Bonchev–Trinajstić information content (AvgIpc) is 2.33. The lowest BCUT2D eigenvalue weighted by Crippen LogP contribution is -2.25. The smallest absolute Gasteiger partial charge is 0.352 e. The lowest BCUT2D eigenvalue weighted by molar-refractivity contribution is -0.138. The molecule has 2 N–H and O–H groups in total. The Morgan fingerprint density at radius 2 is 2.05 bits per heavy atom. The molecule has 0 saturated heterocycles.